The first-order chi connectivity index (χ1) is 17.3. The molecule has 1 saturated heterocycles. The van der Waals surface area contributed by atoms with Crippen LogP contribution in [0.1, 0.15) is 47.9 Å². The van der Waals surface area contributed by atoms with Gasteiger partial charge in [0, 0.05) is 49.4 Å². The molecule has 2 aliphatic rings. The fraction of sp³-hybridized carbons (Fsp3) is 0.310. The van der Waals surface area contributed by atoms with Crippen LogP contribution < -0.4 is 5.32 Å². The number of likely N-dealkylation sites (tertiary alicyclic amines) is 1. The molecule has 0 saturated carbocycles. The predicted octanol–water partition coefficient (Wildman–Crippen LogP) is 6.26. The molecule has 3 aromatic rings. The van der Waals surface area contributed by atoms with Gasteiger partial charge >= 0.3 is 0 Å². The summed E-state index contributed by atoms with van der Waals surface area (Å²) in [4.78, 5) is 18.7. The first kappa shape index (κ1) is 24.0. The van der Waals surface area contributed by atoms with Crippen molar-refractivity contribution in [1.82, 2.24) is 15.2 Å². The topological polar surface area (TPSA) is 45.2 Å². The van der Waals surface area contributed by atoms with Crippen molar-refractivity contribution in [2.75, 3.05) is 26.2 Å². The summed E-state index contributed by atoms with van der Waals surface area (Å²) in [7, 11) is 0. The molecule has 1 fully saturated rings. The summed E-state index contributed by atoms with van der Waals surface area (Å²) >= 11 is 3.86. The van der Waals surface area contributed by atoms with Crippen LogP contribution in [0.25, 0.3) is 11.6 Å². The van der Waals surface area contributed by atoms with E-state index >= 15 is 0 Å². The summed E-state index contributed by atoms with van der Waals surface area (Å²) in [5.74, 6) is 1.01. The summed E-state index contributed by atoms with van der Waals surface area (Å²) in [6, 6.07) is 15.1. The van der Waals surface area contributed by atoms with Crippen molar-refractivity contribution in [3.05, 3.63) is 94.1 Å². The SMILES string of the molecule is O=C(/C=C\c1cccnc1)NCCCCN1CCC(=C2c3ccccc3CSc3sccc32)CC1. The Morgan fingerprint density at radius 3 is 2.80 bits per heavy atom. The highest BCUT2D eigenvalue weighted by atomic mass is 32.2. The van der Waals surface area contributed by atoms with Crippen LogP contribution in [0.2, 0.25) is 0 Å². The van der Waals surface area contributed by atoms with Crippen LogP contribution in [-0.4, -0.2) is 42.0 Å². The number of unbranched alkanes of at least 4 members (excludes halogenated alkanes) is 1. The second-order valence-corrected chi connectivity index (χ2v) is 11.2. The Kier molecular flexibility index (Phi) is 8.14. The fourth-order valence-electron chi connectivity index (χ4n) is 4.83. The molecule has 0 unspecified atom stereocenters. The van der Waals surface area contributed by atoms with Crippen LogP contribution in [0.3, 0.4) is 0 Å². The maximum atomic E-state index is 12.0. The first-order valence-electron chi connectivity index (χ1n) is 12.4. The van der Waals surface area contributed by atoms with Crippen molar-refractivity contribution < 1.29 is 4.79 Å². The molecule has 4 heterocycles. The smallest absolute Gasteiger partial charge is 0.243 e. The molecule has 0 radical (unpaired) electrons. The van der Waals surface area contributed by atoms with Crippen LogP contribution in [-0.2, 0) is 10.5 Å². The number of pyridine rings is 1. The molecule has 6 heteroatoms. The van der Waals surface area contributed by atoms with E-state index in [0.717, 1.165) is 63.2 Å². The van der Waals surface area contributed by atoms with E-state index in [-0.39, 0.29) is 5.91 Å². The molecule has 0 atom stereocenters. The molecular weight excluding hydrogens is 470 g/mol. The van der Waals surface area contributed by atoms with E-state index in [4.69, 9.17) is 0 Å². The Morgan fingerprint density at radius 1 is 1.06 bits per heavy atom. The van der Waals surface area contributed by atoms with E-state index in [1.165, 1.54) is 26.5 Å². The molecule has 0 aliphatic carbocycles. The third-order valence-corrected chi connectivity index (χ3v) is 8.96. The van der Waals surface area contributed by atoms with Crippen molar-refractivity contribution in [3.63, 3.8) is 0 Å². The van der Waals surface area contributed by atoms with Crippen molar-refractivity contribution >= 4 is 40.7 Å². The average Bonchev–Trinajstić information content (AvgIpc) is 3.30. The quantitative estimate of drug-likeness (QED) is 0.307. The molecule has 1 N–H and O–H groups in total. The predicted molar refractivity (Wildman–Crippen MR) is 148 cm³/mol. The van der Waals surface area contributed by atoms with Gasteiger partial charge in [-0.2, -0.15) is 0 Å². The van der Waals surface area contributed by atoms with Gasteiger partial charge in [0.2, 0.25) is 5.91 Å². The molecule has 0 spiro atoms. The second-order valence-electron chi connectivity index (χ2n) is 9.01. The molecule has 0 bridgehead atoms. The minimum absolute atomic E-state index is 0.0438. The number of benzene rings is 1. The average molecular weight is 502 g/mol. The highest BCUT2D eigenvalue weighted by Gasteiger charge is 2.24. The number of fused-ring (bicyclic) bond motifs is 2. The van der Waals surface area contributed by atoms with Crippen molar-refractivity contribution in [2.45, 2.75) is 35.6 Å². The number of nitrogens with one attached hydrogen (secondary N) is 1. The maximum Gasteiger partial charge on any atom is 0.243 e. The summed E-state index contributed by atoms with van der Waals surface area (Å²) in [5.41, 5.74) is 8.40. The highest BCUT2D eigenvalue weighted by molar-refractivity contribution is 8.00. The maximum absolute atomic E-state index is 12.0. The molecule has 35 heavy (non-hydrogen) atoms. The van der Waals surface area contributed by atoms with Gasteiger partial charge in [-0.05, 0) is 78.1 Å². The number of thioether (sulfide) groups is 1. The van der Waals surface area contributed by atoms with Crippen molar-refractivity contribution in [1.29, 1.82) is 0 Å². The standard InChI is InChI=1S/C29H31N3OS2/c33-27(10-9-22-6-5-14-30-20-22)31-15-3-4-16-32-17-11-23(12-18-32)28-25-8-2-1-7-24(25)21-35-29-26(28)13-19-34-29/h1-2,5-10,13-14,19-20H,3-4,11-12,15-18,21H2,(H,31,33)/b10-9-. The molecule has 1 aromatic carbocycles. The molecule has 1 amide bonds. The number of carbonyl (C=O) groups excluding carboxylic acids is 1. The number of rotatable bonds is 7. The van der Waals surface area contributed by atoms with Gasteiger partial charge in [0.1, 0.15) is 0 Å². The Balaban J connectivity index is 1.10. The molecular formula is C29H31N3OS2. The van der Waals surface area contributed by atoms with E-state index in [0.29, 0.717) is 0 Å². The summed E-state index contributed by atoms with van der Waals surface area (Å²) in [5, 5.41) is 5.23. The Hall–Kier alpha value is -2.67. The van der Waals surface area contributed by atoms with Gasteiger partial charge in [-0.1, -0.05) is 35.9 Å². The number of aromatic nitrogens is 1. The minimum atomic E-state index is -0.0438. The lowest BCUT2D eigenvalue weighted by Crippen LogP contribution is -2.32. The number of piperidine rings is 1. The number of hydrogen-bond acceptors (Lipinski definition) is 5. The zero-order valence-electron chi connectivity index (χ0n) is 19.9. The molecule has 2 aromatic heterocycles. The zero-order valence-corrected chi connectivity index (χ0v) is 21.5. The highest BCUT2D eigenvalue weighted by Crippen LogP contribution is 2.45. The summed E-state index contributed by atoms with van der Waals surface area (Å²) in [6.07, 6.45) is 11.2. The van der Waals surface area contributed by atoms with Crippen LogP contribution in [0.5, 0.6) is 0 Å². The second kappa shape index (κ2) is 11.8. The van der Waals surface area contributed by atoms with E-state index in [2.05, 4.69) is 50.9 Å². The Labute approximate surface area is 216 Å². The van der Waals surface area contributed by atoms with E-state index in [1.807, 2.05) is 35.2 Å². The Bertz CT molecular complexity index is 1210. The molecule has 5 rings (SSSR count). The largest absolute Gasteiger partial charge is 0.353 e. The number of carbonyl (C=O) groups is 1. The van der Waals surface area contributed by atoms with Crippen LogP contribution in [0.15, 0.2) is 76.1 Å². The normalized spacial score (nSPS) is 16.1. The third kappa shape index (κ3) is 6.13. The Morgan fingerprint density at radius 2 is 1.94 bits per heavy atom. The van der Waals surface area contributed by atoms with Crippen molar-refractivity contribution in [2.24, 2.45) is 0 Å². The van der Waals surface area contributed by atoms with E-state index < -0.39 is 0 Å². The third-order valence-electron chi connectivity index (χ3n) is 6.67. The summed E-state index contributed by atoms with van der Waals surface area (Å²) < 4.78 is 1.46. The van der Waals surface area contributed by atoms with Gasteiger partial charge in [0.15, 0.2) is 0 Å². The number of amides is 1. The lowest BCUT2D eigenvalue weighted by Gasteiger charge is -2.30. The molecule has 2 aliphatic heterocycles. The van der Waals surface area contributed by atoms with E-state index in [1.54, 1.807) is 30.1 Å². The minimum Gasteiger partial charge on any atom is -0.353 e. The van der Waals surface area contributed by atoms with Gasteiger partial charge in [-0.25, -0.2) is 0 Å². The van der Waals surface area contributed by atoms with Crippen LogP contribution in [0.4, 0.5) is 0 Å². The number of thiophene rings is 1. The van der Waals surface area contributed by atoms with Crippen LogP contribution in [0, 0.1) is 0 Å². The lowest BCUT2D eigenvalue weighted by atomic mass is 9.87. The van der Waals surface area contributed by atoms with Gasteiger partial charge in [-0.15, -0.1) is 23.1 Å². The van der Waals surface area contributed by atoms with Gasteiger partial charge in [-0.3, -0.25) is 9.78 Å². The molecule has 180 valence electrons. The van der Waals surface area contributed by atoms with Crippen LogP contribution >= 0.6 is 23.1 Å². The van der Waals surface area contributed by atoms with Gasteiger partial charge in [0.25, 0.3) is 0 Å². The zero-order chi connectivity index (χ0) is 23.9. The van der Waals surface area contributed by atoms with Gasteiger partial charge < -0.3 is 10.2 Å². The van der Waals surface area contributed by atoms with Gasteiger partial charge in [0.05, 0.1) is 4.21 Å². The summed E-state index contributed by atoms with van der Waals surface area (Å²) in [6.45, 7) is 4.05. The first-order valence-corrected chi connectivity index (χ1v) is 14.2. The van der Waals surface area contributed by atoms with E-state index in [9.17, 15) is 4.79 Å². The fourth-order valence-corrected chi connectivity index (χ4v) is 6.93. The number of nitrogens with zero attached hydrogens (tertiary/aromatic N) is 2. The lowest BCUT2D eigenvalue weighted by molar-refractivity contribution is -0.116. The number of hydrogen-bond donors (Lipinski definition) is 1. The van der Waals surface area contributed by atoms with Crippen molar-refractivity contribution in [3.8, 4) is 0 Å². The monoisotopic (exact) mass is 501 g/mol. The molecule has 4 nitrogen and oxygen atoms in total.